The first-order valence-electron chi connectivity index (χ1n) is 9.27. The first-order valence-corrected chi connectivity index (χ1v) is 9.27. The van der Waals surface area contributed by atoms with Gasteiger partial charge in [-0.15, -0.1) is 0 Å². The topological polar surface area (TPSA) is 113 Å². The number of ether oxygens (including phenoxy) is 1. The maximum absolute atomic E-state index is 11.8. The van der Waals surface area contributed by atoms with Gasteiger partial charge in [0.2, 0.25) is 0 Å². The summed E-state index contributed by atoms with van der Waals surface area (Å²) in [7, 11) is 0. The van der Waals surface area contributed by atoms with Crippen LogP contribution in [0.25, 0.3) is 0 Å². The van der Waals surface area contributed by atoms with Crippen molar-refractivity contribution in [2.24, 2.45) is 0 Å². The molecule has 0 aromatic heterocycles. The fraction of sp³-hybridized carbons (Fsp3) is 0.833. The van der Waals surface area contributed by atoms with Gasteiger partial charge in [0.15, 0.2) is 0 Å². The molecule has 0 heterocycles. The molecule has 0 amide bonds. The number of carbonyl (C=O) groups excluding carboxylic acids is 2. The lowest BCUT2D eigenvalue weighted by atomic mass is 10.1. The molecule has 0 aromatic rings. The lowest BCUT2D eigenvalue weighted by Crippen LogP contribution is -2.44. The SMILES string of the molecule is CCCCCCCCCCCC(=O)OC(=O)C(CC(=O)O)NC(C)O. The van der Waals surface area contributed by atoms with Gasteiger partial charge in [0.1, 0.15) is 12.3 Å². The number of carboxylic acids is 1. The summed E-state index contributed by atoms with van der Waals surface area (Å²) in [6, 6.07) is -1.25. The van der Waals surface area contributed by atoms with Crippen molar-refractivity contribution in [3.63, 3.8) is 0 Å². The second-order valence-electron chi connectivity index (χ2n) is 6.36. The Balaban J connectivity index is 3.88. The summed E-state index contributed by atoms with van der Waals surface area (Å²) in [6.45, 7) is 3.54. The monoisotopic (exact) mass is 359 g/mol. The van der Waals surface area contributed by atoms with Crippen LogP contribution in [0.3, 0.4) is 0 Å². The standard InChI is InChI=1S/C18H33NO6/c1-3-4-5-6-7-8-9-10-11-12-17(23)25-18(24)15(13-16(21)22)19-14(2)20/h14-15,19-20H,3-13H2,1-2H3,(H,21,22). The molecule has 0 bridgehead atoms. The predicted molar refractivity (Wildman–Crippen MR) is 93.8 cm³/mol. The van der Waals surface area contributed by atoms with Crippen molar-refractivity contribution in [1.29, 1.82) is 0 Å². The highest BCUT2D eigenvalue weighted by Crippen LogP contribution is 2.11. The molecule has 7 heteroatoms. The van der Waals surface area contributed by atoms with Gasteiger partial charge in [-0.2, -0.15) is 0 Å². The van der Waals surface area contributed by atoms with Crippen LogP contribution in [-0.2, 0) is 19.1 Å². The summed E-state index contributed by atoms with van der Waals surface area (Å²) in [5.41, 5.74) is 0. The van der Waals surface area contributed by atoms with Crippen molar-refractivity contribution in [1.82, 2.24) is 5.32 Å². The van der Waals surface area contributed by atoms with Gasteiger partial charge in [-0.05, 0) is 13.3 Å². The van der Waals surface area contributed by atoms with Gasteiger partial charge < -0.3 is 14.9 Å². The van der Waals surface area contributed by atoms with E-state index >= 15 is 0 Å². The average molecular weight is 359 g/mol. The van der Waals surface area contributed by atoms with Crippen molar-refractivity contribution in [2.75, 3.05) is 0 Å². The molecule has 7 nitrogen and oxygen atoms in total. The zero-order valence-electron chi connectivity index (χ0n) is 15.5. The van der Waals surface area contributed by atoms with E-state index in [9.17, 15) is 19.5 Å². The number of esters is 2. The molecule has 3 N–H and O–H groups in total. The molecule has 25 heavy (non-hydrogen) atoms. The number of carboxylic acid groups (broad SMARTS) is 1. The molecule has 0 saturated carbocycles. The highest BCUT2D eigenvalue weighted by atomic mass is 16.6. The van der Waals surface area contributed by atoms with E-state index in [2.05, 4.69) is 17.0 Å². The average Bonchev–Trinajstić information content (AvgIpc) is 2.51. The van der Waals surface area contributed by atoms with Crippen LogP contribution in [0.15, 0.2) is 0 Å². The number of nitrogens with one attached hydrogen (secondary N) is 1. The normalized spacial score (nSPS) is 13.2. The Hall–Kier alpha value is -1.47. The van der Waals surface area contributed by atoms with E-state index in [0.29, 0.717) is 6.42 Å². The first kappa shape index (κ1) is 23.5. The predicted octanol–water partition coefficient (Wildman–Crippen LogP) is 2.75. The Morgan fingerprint density at radius 3 is 1.96 bits per heavy atom. The van der Waals surface area contributed by atoms with Gasteiger partial charge in [-0.1, -0.05) is 58.3 Å². The molecule has 0 radical (unpaired) electrons. The molecule has 2 atom stereocenters. The number of aliphatic hydroxyl groups is 1. The number of hydrogen-bond acceptors (Lipinski definition) is 6. The third-order valence-corrected chi connectivity index (χ3v) is 3.80. The Bertz CT molecular complexity index is 397. The minimum Gasteiger partial charge on any atom is -0.481 e. The van der Waals surface area contributed by atoms with Crippen molar-refractivity contribution in [2.45, 2.75) is 96.7 Å². The number of hydrogen-bond donors (Lipinski definition) is 3. The van der Waals surface area contributed by atoms with E-state index in [1.165, 1.54) is 39.0 Å². The first-order chi connectivity index (χ1) is 11.9. The van der Waals surface area contributed by atoms with Crippen LogP contribution in [0.2, 0.25) is 0 Å². The molecular formula is C18H33NO6. The molecule has 0 saturated heterocycles. The van der Waals surface area contributed by atoms with E-state index < -0.39 is 36.6 Å². The van der Waals surface area contributed by atoms with Crippen LogP contribution < -0.4 is 5.32 Å². The van der Waals surface area contributed by atoms with Crippen LogP contribution in [0.1, 0.15) is 84.5 Å². The minimum absolute atomic E-state index is 0.135. The molecule has 0 aliphatic heterocycles. The van der Waals surface area contributed by atoms with Crippen LogP contribution in [0.5, 0.6) is 0 Å². The molecule has 2 unspecified atom stereocenters. The van der Waals surface area contributed by atoms with Crippen LogP contribution >= 0.6 is 0 Å². The second kappa shape index (κ2) is 14.8. The van der Waals surface area contributed by atoms with Gasteiger partial charge in [-0.3, -0.25) is 14.9 Å². The summed E-state index contributed by atoms with van der Waals surface area (Å²) < 4.78 is 4.67. The number of carbonyl (C=O) groups is 3. The Kier molecular flexibility index (Phi) is 14.0. The molecule has 0 aliphatic rings. The quantitative estimate of drug-likeness (QED) is 0.178. The lowest BCUT2D eigenvalue weighted by Gasteiger charge is -2.16. The van der Waals surface area contributed by atoms with Gasteiger partial charge in [0.05, 0.1) is 6.42 Å². The van der Waals surface area contributed by atoms with E-state index in [1.54, 1.807) is 0 Å². The van der Waals surface area contributed by atoms with Gasteiger partial charge in [0.25, 0.3) is 0 Å². The minimum atomic E-state index is -1.25. The fourth-order valence-corrected chi connectivity index (χ4v) is 2.49. The number of unbranched alkanes of at least 4 members (excludes halogenated alkanes) is 8. The second-order valence-corrected chi connectivity index (χ2v) is 6.36. The van der Waals surface area contributed by atoms with E-state index in [4.69, 9.17) is 5.11 Å². The van der Waals surface area contributed by atoms with Crippen molar-refractivity contribution in [3.8, 4) is 0 Å². The molecular weight excluding hydrogens is 326 g/mol. The maximum atomic E-state index is 11.8. The summed E-state index contributed by atoms with van der Waals surface area (Å²) >= 11 is 0. The van der Waals surface area contributed by atoms with Gasteiger partial charge >= 0.3 is 17.9 Å². The van der Waals surface area contributed by atoms with Crippen molar-refractivity contribution < 1.29 is 29.3 Å². The van der Waals surface area contributed by atoms with Crippen LogP contribution in [-0.4, -0.2) is 40.4 Å². The van der Waals surface area contributed by atoms with Gasteiger partial charge in [0, 0.05) is 6.42 Å². The molecule has 146 valence electrons. The third kappa shape index (κ3) is 14.6. The zero-order valence-corrected chi connectivity index (χ0v) is 15.5. The van der Waals surface area contributed by atoms with Crippen molar-refractivity contribution >= 4 is 17.9 Å². The summed E-state index contributed by atoms with van der Waals surface area (Å²) in [5, 5.41) is 20.3. The lowest BCUT2D eigenvalue weighted by molar-refractivity contribution is -0.163. The largest absolute Gasteiger partial charge is 0.481 e. The Morgan fingerprint density at radius 2 is 1.48 bits per heavy atom. The summed E-state index contributed by atoms with van der Waals surface area (Å²) in [6.07, 6.45) is 8.52. The van der Waals surface area contributed by atoms with E-state index in [1.807, 2.05) is 0 Å². The fourth-order valence-electron chi connectivity index (χ4n) is 2.49. The summed E-state index contributed by atoms with van der Waals surface area (Å²) in [5.74, 6) is -2.85. The third-order valence-electron chi connectivity index (χ3n) is 3.80. The highest BCUT2D eigenvalue weighted by molar-refractivity contribution is 5.90. The van der Waals surface area contributed by atoms with Crippen molar-refractivity contribution in [3.05, 3.63) is 0 Å². The molecule has 0 aliphatic carbocycles. The van der Waals surface area contributed by atoms with E-state index in [0.717, 1.165) is 19.3 Å². The summed E-state index contributed by atoms with van der Waals surface area (Å²) in [4.78, 5) is 34.2. The Morgan fingerprint density at radius 1 is 0.960 bits per heavy atom. The number of aliphatic hydroxyl groups excluding tert-OH is 1. The molecule has 0 fully saturated rings. The van der Waals surface area contributed by atoms with E-state index in [-0.39, 0.29) is 6.42 Å². The van der Waals surface area contributed by atoms with Crippen LogP contribution in [0.4, 0.5) is 0 Å². The molecule has 0 spiro atoms. The zero-order chi connectivity index (χ0) is 19.1. The maximum Gasteiger partial charge on any atom is 0.331 e. The smallest absolute Gasteiger partial charge is 0.331 e. The highest BCUT2D eigenvalue weighted by Gasteiger charge is 2.26. The molecule has 0 rings (SSSR count). The Labute approximate surface area is 150 Å². The number of aliphatic carboxylic acids is 1. The van der Waals surface area contributed by atoms with Crippen LogP contribution in [0, 0.1) is 0 Å². The van der Waals surface area contributed by atoms with Gasteiger partial charge in [-0.25, -0.2) is 4.79 Å². The number of rotatable bonds is 15. The molecule has 0 aromatic carbocycles.